The molecule has 8 heteroatoms. The van der Waals surface area contributed by atoms with Gasteiger partial charge < -0.3 is 19.8 Å². The molecule has 23 heavy (non-hydrogen) atoms. The number of hydrogen-bond donors (Lipinski definition) is 2. The number of benzene rings is 1. The Kier molecular flexibility index (Phi) is 5.72. The van der Waals surface area contributed by atoms with Gasteiger partial charge in [-0.1, -0.05) is 18.5 Å². The van der Waals surface area contributed by atoms with Crippen LogP contribution in [0.4, 0.5) is 11.4 Å². The lowest BCUT2D eigenvalue weighted by Crippen LogP contribution is -2.17. The number of oxazole rings is 1. The van der Waals surface area contributed by atoms with E-state index in [4.69, 9.17) is 20.8 Å². The van der Waals surface area contributed by atoms with Crippen LogP contribution in [-0.2, 0) is 16.0 Å². The van der Waals surface area contributed by atoms with E-state index in [1.807, 2.05) is 6.92 Å². The fraction of sp³-hybridized carbons (Fsp3) is 0.267. The van der Waals surface area contributed by atoms with E-state index in [-0.39, 0.29) is 24.1 Å². The number of rotatable bonds is 6. The molecule has 2 rings (SSSR count). The van der Waals surface area contributed by atoms with Crippen molar-refractivity contribution in [3.05, 3.63) is 41.1 Å². The number of nitrogens with zero attached hydrogens (tertiary/aromatic N) is 1. The fourth-order valence-electron chi connectivity index (χ4n) is 1.91. The predicted octanol–water partition coefficient (Wildman–Crippen LogP) is 2.73. The van der Waals surface area contributed by atoms with Gasteiger partial charge in [-0.2, -0.15) is 0 Å². The number of anilines is 2. The molecule has 0 aliphatic carbocycles. The molecule has 0 aliphatic heterocycles. The number of ether oxygens (including phenoxy) is 1. The summed E-state index contributed by atoms with van der Waals surface area (Å²) in [7, 11) is 1.42. The average Bonchev–Trinajstić information content (AvgIpc) is 2.99. The van der Waals surface area contributed by atoms with Crippen LogP contribution in [0.15, 0.2) is 29.0 Å². The number of aromatic nitrogens is 1. The first-order valence-electron chi connectivity index (χ1n) is 6.87. The summed E-state index contributed by atoms with van der Waals surface area (Å²) in [6, 6.07) is 4.75. The van der Waals surface area contributed by atoms with Crippen LogP contribution in [0.1, 0.15) is 23.2 Å². The molecule has 0 bridgehead atoms. The largest absolute Gasteiger partial charge is 0.448 e. The Balaban J connectivity index is 2.08. The number of aryl methyl sites for hydroxylation is 1. The molecule has 1 aromatic heterocycles. The molecule has 0 atom stereocenters. The molecular weight excluding hydrogens is 322 g/mol. The maximum atomic E-state index is 12.2. The number of halogens is 1. The zero-order valence-electron chi connectivity index (χ0n) is 12.7. The van der Waals surface area contributed by atoms with E-state index in [1.165, 1.54) is 19.6 Å². The summed E-state index contributed by atoms with van der Waals surface area (Å²) in [6.07, 6.45) is 1.79. The van der Waals surface area contributed by atoms with Crippen LogP contribution in [-0.4, -0.2) is 30.5 Å². The highest BCUT2D eigenvalue weighted by atomic mass is 35.5. The van der Waals surface area contributed by atoms with Crippen molar-refractivity contribution in [2.24, 2.45) is 0 Å². The standard InChI is InChI=1S/C15H16ClN3O4/c1-3-12-14(17-8-23-12)15(21)18-9-4-5-11(10(16)6-9)19-13(20)7-22-2/h4-6,8H,3,7H2,1-2H3,(H,18,21)(H,19,20). The molecule has 0 fully saturated rings. The molecule has 0 aliphatic rings. The lowest BCUT2D eigenvalue weighted by molar-refractivity contribution is -0.119. The number of nitrogens with one attached hydrogen (secondary N) is 2. The molecule has 7 nitrogen and oxygen atoms in total. The zero-order chi connectivity index (χ0) is 16.8. The summed E-state index contributed by atoms with van der Waals surface area (Å²) in [6.45, 7) is 1.80. The SMILES string of the molecule is CCc1ocnc1C(=O)Nc1ccc(NC(=O)COC)c(Cl)c1. The highest BCUT2D eigenvalue weighted by Gasteiger charge is 2.16. The van der Waals surface area contributed by atoms with Gasteiger partial charge in [0.25, 0.3) is 5.91 Å². The van der Waals surface area contributed by atoms with Gasteiger partial charge in [0.05, 0.1) is 10.7 Å². The molecule has 2 aromatic rings. The second-order valence-corrected chi connectivity index (χ2v) is 5.01. The summed E-state index contributed by atoms with van der Waals surface area (Å²) in [5.74, 6) is -0.193. The highest BCUT2D eigenvalue weighted by molar-refractivity contribution is 6.34. The summed E-state index contributed by atoms with van der Waals surface area (Å²) in [5.41, 5.74) is 1.15. The molecule has 0 radical (unpaired) electrons. The first-order valence-corrected chi connectivity index (χ1v) is 7.25. The molecule has 122 valence electrons. The van der Waals surface area contributed by atoms with Crippen LogP contribution < -0.4 is 10.6 Å². The van der Waals surface area contributed by atoms with E-state index in [2.05, 4.69) is 15.6 Å². The third-order valence-electron chi connectivity index (χ3n) is 2.95. The summed E-state index contributed by atoms with van der Waals surface area (Å²) < 4.78 is 9.85. The van der Waals surface area contributed by atoms with Crippen molar-refractivity contribution in [2.75, 3.05) is 24.4 Å². The van der Waals surface area contributed by atoms with E-state index in [1.54, 1.807) is 12.1 Å². The quantitative estimate of drug-likeness (QED) is 0.845. The molecular formula is C15H16ClN3O4. The Morgan fingerprint density at radius 1 is 1.35 bits per heavy atom. The van der Waals surface area contributed by atoms with E-state index >= 15 is 0 Å². The van der Waals surface area contributed by atoms with Crippen molar-refractivity contribution in [3.63, 3.8) is 0 Å². The minimum absolute atomic E-state index is 0.0687. The smallest absolute Gasteiger partial charge is 0.277 e. The lowest BCUT2D eigenvalue weighted by atomic mass is 10.2. The second kappa shape index (κ2) is 7.75. The first-order chi connectivity index (χ1) is 11.0. The Hall–Kier alpha value is -2.38. The van der Waals surface area contributed by atoms with Crippen LogP contribution in [0.3, 0.4) is 0 Å². The van der Waals surface area contributed by atoms with E-state index in [0.29, 0.717) is 28.6 Å². The van der Waals surface area contributed by atoms with E-state index in [9.17, 15) is 9.59 Å². The maximum Gasteiger partial charge on any atom is 0.277 e. The van der Waals surface area contributed by atoms with Crippen LogP contribution in [0.25, 0.3) is 0 Å². The van der Waals surface area contributed by atoms with Gasteiger partial charge in [0.15, 0.2) is 12.1 Å². The van der Waals surface area contributed by atoms with Crippen molar-refractivity contribution >= 4 is 34.8 Å². The number of carbonyl (C=O) groups excluding carboxylic acids is 2. The van der Waals surface area contributed by atoms with Gasteiger partial charge in [-0.05, 0) is 18.2 Å². The van der Waals surface area contributed by atoms with Gasteiger partial charge in [0, 0.05) is 19.2 Å². The van der Waals surface area contributed by atoms with Crippen molar-refractivity contribution in [1.29, 1.82) is 0 Å². The Labute approximate surface area is 138 Å². The van der Waals surface area contributed by atoms with E-state index < -0.39 is 0 Å². The topological polar surface area (TPSA) is 93.5 Å². The first kappa shape index (κ1) is 17.0. The minimum Gasteiger partial charge on any atom is -0.448 e. The summed E-state index contributed by atoms with van der Waals surface area (Å²) >= 11 is 6.10. The lowest BCUT2D eigenvalue weighted by Gasteiger charge is -2.09. The number of methoxy groups -OCH3 is 1. The molecule has 1 aromatic carbocycles. The van der Waals surface area contributed by atoms with Gasteiger partial charge in [0.2, 0.25) is 5.91 Å². The second-order valence-electron chi connectivity index (χ2n) is 4.61. The third-order valence-corrected chi connectivity index (χ3v) is 3.27. The number of carbonyl (C=O) groups is 2. The molecule has 2 amide bonds. The Bertz CT molecular complexity index is 714. The van der Waals surface area contributed by atoms with Crippen molar-refractivity contribution < 1.29 is 18.7 Å². The summed E-state index contributed by atoms with van der Waals surface area (Å²) in [5, 5.41) is 5.58. The van der Waals surface area contributed by atoms with Crippen LogP contribution >= 0.6 is 11.6 Å². The molecule has 2 N–H and O–H groups in total. The van der Waals surface area contributed by atoms with Gasteiger partial charge in [-0.25, -0.2) is 4.98 Å². The van der Waals surface area contributed by atoms with Gasteiger partial charge in [-0.3, -0.25) is 9.59 Å². The molecule has 0 saturated carbocycles. The zero-order valence-corrected chi connectivity index (χ0v) is 13.4. The summed E-state index contributed by atoms with van der Waals surface area (Å²) in [4.78, 5) is 27.5. The Morgan fingerprint density at radius 2 is 2.13 bits per heavy atom. The van der Waals surface area contributed by atoms with Gasteiger partial charge in [-0.15, -0.1) is 0 Å². The van der Waals surface area contributed by atoms with Gasteiger partial charge in [0.1, 0.15) is 12.4 Å². The number of hydrogen-bond acceptors (Lipinski definition) is 5. The highest BCUT2D eigenvalue weighted by Crippen LogP contribution is 2.26. The fourth-order valence-corrected chi connectivity index (χ4v) is 2.14. The number of amides is 2. The van der Waals surface area contributed by atoms with Crippen LogP contribution in [0.2, 0.25) is 5.02 Å². The maximum absolute atomic E-state index is 12.2. The van der Waals surface area contributed by atoms with Crippen molar-refractivity contribution in [1.82, 2.24) is 4.98 Å². The van der Waals surface area contributed by atoms with Crippen LogP contribution in [0, 0.1) is 0 Å². The monoisotopic (exact) mass is 337 g/mol. The Morgan fingerprint density at radius 3 is 2.78 bits per heavy atom. The van der Waals surface area contributed by atoms with Crippen LogP contribution in [0.5, 0.6) is 0 Å². The molecule has 1 heterocycles. The van der Waals surface area contributed by atoms with Crippen molar-refractivity contribution in [2.45, 2.75) is 13.3 Å². The van der Waals surface area contributed by atoms with Gasteiger partial charge >= 0.3 is 0 Å². The molecule has 0 saturated heterocycles. The van der Waals surface area contributed by atoms with E-state index in [0.717, 1.165) is 0 Å². The van der Waals surface area contributed by atoms with Crippen molar-refractivity contribution in [3.8, 4) is 0 Å². The minimum atomic E-state index is -0.386. The average molecular weight is 338 g/mol. The molecule has 0 unspecified atom stereocenters. The third kappa shape index (κ3) is 4.30. The predicted molar refractivity (Wildman–Crippen MR) is 85.8 cm³/mol. The normalized spacial score (nSPS) is 10.4. The molecule has 0 spiro atoms.